The number of nitrogens with two attached hydrogens (primary N) is 1. The van der Waals surface area contributed by atoms with E-state index in [1.807, 2.05) is 0 Å². The summed E-state index contributed by atoms with van der Waals surface area (Å²) < 4.78 is 40.0. The number of aromatic nitrogens is 1. The summed E-state index contributed by atoms with van der Waals surface area (Å²) in [5.41, 5.74) is 5.08. The number of pyridine rings is 1. The van der Waals surface area contributed by atoms with Crippen molar-refractivity contribution in [3.05, 3.63) is 59.4 Å². The van der Waals surface area contributed by atoms with Crippen molar-refractivity contribution < 1.29 is 23.1 Å². The SMILES string of the molecule is NC(=O)c1cc(N2C[C@@H](O)C[C@@H]2c2ccccc2C(F)(F)F)ccn1. The number of hydrogen-bond donors (Lipinski definition) is 2. The van der Waals surface area contributed by atoms with E-state index in [4.69, 9.17) is 5.73 Å². The van der Waals surface area contributed by atoms with E-state index >= 15 is 0 Å². The van der Waals surface area contributed by atoms with Gasteiger partial charge < -0.3 is 15.7 Å². The van der Waals surface area contributed by atoms with Gasteiger partial charge in [0.1, 0.15) is 5.69 Å². The maximum atomic E-state index is 13.3. The van der Waals surface area contributed by atoms with Crippen LogP contribution in [0.2, 0.25) is 0 Å². The second-order valence-corrected chi connectivity index (χ2v) is 5.91. The number of aliphatic hydroxyl groups excluding tert-OH is 1. The van der Waals surface area contributed by atoms with Crippen LogP contribution in [0.25, 0.3) is 0 Å². The number of anilines is 1. The Morgan fingerprint density at radius 2 is 2.00 bits per heavy atom. The van der Waals surface area contributed by atoms with Crippen molar-refractivity contribution in [3.63, 3.8) is 0 Å². The zero-order valence-corrected chi connectivity index (χ0v) is 13.1. The highest BCUT2D eigenvalue weighted by Gasteiger charge is 2.40. The van der Waals surface area contributed by atoms with Gasteiger partial charge in [-0.1, -0.05) is 18.2 Å². The Labute approximate surface area is 141 Å². The Morgan fingerprint density at radius 3 is 2.68 bits per heavy atom. The quantitative estimate of drug-likeness (QED) is 0.891. The molecule has 5 nitrogen and oxygen atoms in total. The van der Waals surface area contributed by atoms with Gasteiger partial charge in [-0.05, 0) is 30.2 Å². The number of alkyl halides is 3. The molecule has 0 bridgehead atoms. The fourth-order valence-electron chi connectivity index (χ4n) is 3.17. The molecular weight excluding hydrogens is 335 g/mol. The molecule has 2 heterocycles. The third-order valence-electron chi connectivity index (χ3n) is 4.23. The summed E-state index contributed by atoms with van der Waals surface area (Å²) in [7, 11) is 0. The summed E-state index contributed by atoms with van der Waals surface area (Å²) in [5, 5.41) is 10.0. The number of β-amino-alcohol motifs (C(OH)–C–C–N with tert-alkyl or cyclic N) is 1. The van der Waals surface area contributed by atoms with Gasteiger partial charge in [-0.25, -0.2) is 0 Å². The van der Waals surface area contributed by atoms with Crippen LogP contribution in [0.3, 0.4) is 0 Å². The molecule has 0 aliphatic carbocycles. The minimum atomic E-state index is -4.49. The summed E-state index contributed by atoms with van der Waals surface area (Å²) >= 11 is 0. The summed E-state index contributed by atoms with van der Waals surface area (Å²) in [6.45, 7) is 0.152. The van der Waals surface area contributed by atoms with Crippen LogP contribution in [0.1, 0.15) is 34.1 Å². The van der Waals surface area contributed by atoms with Crippen LogP contribution in [0.4, 0.5) is 18.9 Å². The molecule has 0 saturated carbocycles. The molecule has 1 aliphatic rings. The third kappa shape index (κ3) is 3.43. The number of rotatable bonds is 3. The van der Waals surface area contributed by atoms with Crippen LogP contribution in [0.15, 0.2) is 42.6 Å². The van der Waals surface area contributed by atoms with Crippen molar-refractivity contribution in [2.75, 3.05) is 11.4 Å². The number of aliphatic hydroxyl groups is 1. The lowest BCUT2D eigenvalue weighted by atomic mass is 9.97. The number of hydrogen-bond acceptors (Lipinski definition) is 4. The van der Waals surface area contributed by atoms with Gasteiger partial charge in [0.25, 0.3) is 5.91 Å². The minimum absolute atomic E-state index is 0.0155. The molecule has 1 amide bonds. The first kappa shape index (κ1) is 17.2. The van der Waals surface area contributed by atoms with Crippen molar-refractivity contribution in [1.29, 1.82) is 0 Å². The molecule has 1 aliphatic heterocycles. The lowest BCUT2D eigenvalue weighted by molar-refractivity contribution is -0.138. The van der Waals surface area contributed by atoms with Crippen LogP contribution < -0.4 is 10.6 Å². The van der Waals surface area contributed by atoms with E-state index < -0.39 is 29.8 Å². The van der Waals surface area contributed by atoms with Crippen molar-refractivity contribution in [2.45, 2.75) is 24.7 Å². The van der Waals surface area contributed by atoms with Crippen molar-refractivity contribution in [1.82, 2.24) is 4.98 Å². The van der Waals surface area contributed by atoms with Crippen LogP contribution in [-0.4, -0.2) is 28.6 Å². The molecule has 25 heavy (non-hydrogen) atoms. The first-order valence-electron chi connectivity index (χ1n) is 7.64. The van der Waals surface area contributed by atoms with E-state index in [-0.39, 0.29) is 24.2 Å². The maximum absolute atomic E-state index is 13.3. The monoisotopic (exact) mass is 351 g/mol. The number of halogens is 3. The molecule has 1 saturated heterocycles. The summed E-state index contributed by atoms with van der Waals surface area (Å²) in [5.74, 6) is -0.728. The Hall–Kier alpha value is -2.61. The van der Waals surface area contributed by atoms with E-state index in [1.165, 1.54) is 30.5 Å². The fourth-order valence-corrected chi connectivity index (χ4v) is 3.17. The predicted molar refractivity (Wildman–Crippen MR) is 84.9 cm³/mol. The lowest BCUT2D eigenvalue weighted by Gasteiger charge is -2.29. The summed E-state index contributed by atoms with van der Waals surface area (Å²) in [6, 6.07) is 7.64. The maximum Gasteiger partial charge on any atom is 0.416 e. The molecular formula is C17H16F3N3O2. The number of carbonyl (C=O) groups is 1. The lowest BCUT2D eigenvalue weighted by Crippen LogP contribution is -2.26. The average Bonchev–Trinajstić information content (AvgIpc) is 2.96. The van der Waals surface area contributed by atoms with E-state index in [2.05, 4.69) is 4.98 Å². The summed E-state index contributed by atoms with van der Waals surface area (Å²) in [6.07, 6.45) is -3.75. The van der Waals surface area contributed by atoms with Gasteiger partial charge in [0.2, 0.25) is 0 Å². The molecule has 8 heteroatoms. The van der Waals surface area contributed by atoms with Crippen LogP contribution in [-0.2, 0) is 6.18 Å². The second kappa shape index (κ2) is 6.36. The Bertz CT molecular complexity index is 795. The number of benzene rings is 1. The van der Waals surface area contributed by atoms with E-state index in [9.17, 15) is 23.1 Å². The predicted octanol–water partition coefficient (Wildman–Crippen LogP) is 2.51. The fraction of sp³-hybridized carbons (Fsp3) is 0.294. The Morgan fingerprint density at radius 1 is 1.28 bits per heavy atom. The van der Waals surface area contributed by atoms with Crippen molar-refractivity contribution >= 4 is 11.6 Å². The molecule has 3 rings (SSSR count). The Kier molecular flexibility index (Phi) is 4.38. The Balaban J connectivity index is 2.05. The van der Waals surface area contributed by atoms with E-state index in [0.29, 0.717) is 5.69 Å². The molecule has 132 valence electrons. The number of primary amides is 1. The highest BCUT2D eigenvalue weighted by atomic mass is 19.4. The molecule has 0 radical (unpaired) electrons. The second-order valence-electron chi connectivity index (χ2n) is 5.91. The molecule has 1 aromatic carbocycles. The van der Waals surface area contributed by atoms with E-state index in [1.54, 1.807) is 11.0 Å². The number of amides is 1. The first-order valence-corrected chi connectivity index (χ1v) is 7.64. The molecule has 2 aromatic rings. The minimum Gasteiger partial charge on any atom is -0.391 e. The molecule has 2 atom stereocenters. The number of nitrogens with zero attached hydrogens (tertiary/aromatic N) is 2. The highest BCUT2D eigenvalue weighted by Crippen LogP contribution is 2.42. The molecule has 3 N–H and O–H groups in total. The molecule has 1 aromatic heterocycles. The zero-order valence-electron chi connectivity index (χ0n) is 13.1. The highest BCUT2D eigenvalue weighted by molar-refractivity contribution is 5.91. The molecule has 0 spiro atoms. The number of carbonyl (C=O) groups excluding carboxylic acids is 1. The van der Waals surface area contributed by atoms with Gasteiger partial charge in [0, 0.05) is 18.4 Å². The third-order valence-corrected chi connectivity index (χ3v) is 4.23. The normalized spacial score (nSPS) is 20.7. The van der Waals surface area contributed by atoms with Gasteiger partial charge in [0.05, 0.1) is 17.7 Å². The molecule has 1 fully saturated rings. The van der Waals surface area contributed by atoms with E-state index in [0.717, 1.165) is 6.07 Å². The van der Waals surface area contributed by atoms with Crippen molar-refractivity contribution in [3.8, 4) is 0 Å². The van der Waals surface area contributed by atoms with Gasteiger partial charge in [-0.15, -0.1) is 0 Å². The zero-order chi connectivity index (χ0) is 18.2. The molecule has 0 unspecified atom stereocenters. The van der Waals surface area contributed by atoms with Gasteiger partial charge >= 0.3 is 6.18 Å². The average molecular weight is 351 g/mol. The van der Waals surface area contributed by atoms with Crippen LogP contribution in [0, 0.1) is 0 Å². The van der Waals surface area contributed by atoms with Crippen LogP contribution in [0.5, 0.6) is 0 Å². The van der Waals surface area contributed by atoms with Crippen molar-refractivity contribution in [2.24, 2.45) is 5.73 Å². The smallest absolute Gasteiger partial charge is 0.391 e. The standard InChI is InChI=1S/C17H16F3N3O2/c18-17(19,20)13-4-2-1-3-12(13)15-8-11(24)9-23(15)10-5-6-22-14(7-10)16(21)25/h1-7,11,15,24H,8-9H2,(H2,21,25)/t11-,15+/m0/s1. The van der Waals surface area contributed by atoms with Crippen LogP contribution >= 0.6 is 0 Å². The summed E-state index contributed by atoms with van der Waals surface area (Å²) in [4.78, 5) is 16.8. The largest absolute Gasteiger partial charge is 0.416 e. The topological polar surface area (TPSA) is 79.5 Å². The van der Waals surface area contributed by atoms with Gasteiger partial charge in [0.15, 0.2) is 0 Å². The van der Waals surface area contributed by atoms with Gasteiger partial charge in [-0.2, -0.15) is 13.2 Å². The first-order chi connectivity index (χ1) is 11.8. The van der Waals surface area contributed by atoms with Gasteiger partial charge in [-0.3, -0.25) is 9.78 Å².